The minimum absolute atomic E-state index is 0.00518. The largest absolute Gasteiger partial charge is 0.497 e. The van der Waals surface area contributed by atoms with E-state index in [-0.39, 0.29) is 47.7 Å². The van der Waals surface area contributed by atoms with Crippen LogP contribution in [0.4, 0.5) is 16.2 Å². The number of aliphatic hydroxyl groups is 1. The van der Waals surface area contributed by atoms with Gasteiger partial charge in [-0.05, 0) is 73.7 Å². The van der Waals surface area contributed by atoms with Crippen molar-refractivity contribution in [3.8, 4) is 17.2 Å². The van der Waals surface area contributed by atoms with Crippen LogP contribution < -0.4 is 24.8 Å². The number of methoxy groups -OCH3 is 2. The Morgan fingerprint density at radius 1 is 1.02 bits per heavy atom. The lowest BCUT2D eigenvalue weighted by Gasteiger charge is -2.38. The van der Waals surface area contributed by atoms with E-state index >= 15 is 0 Å². The average molecular weight is 627 g/mol. The molecular formula is C31H38N4O8S. The molecule has 0 saturated carbocycles. The van der Waals surface area contributed by atoms with E-state index in [4.69, 9.17) is 14.2 Å². The van der Waals surface area contributed by atoms with Crippen LogP contribution >= 0.6 is 0 Å². The Labute approximate surface area is 257 Å². The summed E-state index contributed by atoms with van der Waals surface area (Å²) in [7, 11) is 0.663. The molecule has 0 fully saturated rings. The summed E-state index contributed by atoms with van der Waals surface area (Å²) in [5, 5.41) is 15.4. The molecule has 3 atom stereocenters. The fourth-order valence-electron chi connectivity index (χ4n) is 4.77. The molecule has 0 aromatic heterocycles. The second kappa shape index (κ2) is 14.0. The average Bonchev–Trinajstić information content (AvgIpc) is 3.02. The first kappa shape index (κ1) is 32.6. The number of sulfonamides is 1. The molecule has 3 amide bonds. The zero-order valence-corrected chi connectivity index (χ0v) is 26.1. The fraction of sp³-hybridized carbons (Fsp3) is 0.355. The van der Waals surface area contributed by atoms with Gasteiger partial charge >= 0.3 is 6.03 Å². The Kier molecular flexibility index (Phi) is 10.3. The number of likely N-dealkylation sites (N-methyl/N-ethyl adjacent to an activating group) is 1. The number of aliphatic hydroxyl groups excluding tert-OH is 1. The molecule has 236 valence electrons. The predicted octanol–water partition coefficient (Wildman–Crippen LogP) is 3.89. The minimum atomic E-state index is -3.86. The van der Waals surface area contributed by atoms with E-state index in [0.29, 0.717) is 22.9 Å². The highest BCUT2D eigenvalue weighted by molar-refractivity contribution is 7.89. The smallest absolute Gasteiger partial charge is 0.323 e. The van der Waals surface area contributed by atoms with Gasteiger partial charge in [0.05, 0.1) is 43.9 Å². The Bertz CT molecular complexity index is 1560. The van der Waals surface area contributed by atoms with Crippen molar-refractivity contribution in [3.63, 3.8) is 0 Å². The summed E-state index contributed by atoms with van der Waals surface area (Å²) in [6, 6.07) is 16.6. The van der Waals surface area contributed by atoms with Crippen molar-refractivity contribution in [2.75, 3.05) is 51.6 Å². The number of nitrogens with zero attached hydrogens (tertiary/aromatic N) is 2. The van der Waals surface area contributed by atoms with Gasteiger partial charge in [0.2, 0.25) is 10.0 Å². The second-order valence-corrected chi connectivity index (χ2v) is 12.6. The maximum Gasteiger partial charge on any atom is 0.323 e. The number of fused-ring (bicyclic) bond motifs is 1. The summed E-state index contributed by atoms with van der Waals surface area (Å²) in [6.45, 7) is 3.53. The summed E-state index contributed by atoms with van der Waals surface area (Å²) in [6.07, 6.45) is -0.648. The number of hydrogen-bond donors (Lipinski definition) is 3. The highest BCUT2D eigenvalue weighted by Gasteiger charge is 2.35. The molecule has 0 spiro atoms. The molecule has 13 heteroatoms. The molecule has 3 N–H and O–H groups in total. The van der Waals surface area contributed by atoms with Gasteiger partial charge < -0.3 is 34.9 Å². The molecule has 12 nitrogen and oxygen atoms in total. The van der Waals surface area contributed by atoms with Crippen molar-refractivity contribution in [1.29, 1.82) is 0 Å². The maximum absolute atomic E-state index is 13.7. The third kappa shape index (κ3) is 7.41. The number of ether oxygens (including phenoxy) is 3. The molecule has 1 aliphatic rings. The van der Waals surface area contributed by atoms with Crippen LogP contribution in [0.3, 0.4) is 0 Å². The van der Waals surface area contributed by atoms with E-state index in [1.807, 2.05) is 6.92 Å². The number of carbonyl (C=O) groups excluding carboxylic acids is 2. The van der Waals surface area contributed by atoms with Crippen LogP contribution in [-0.4, -0.2) is 87.8 Å². The van der Waals surface area contributed by atoms with E-state index in [1.165, 1.54) is 41.6 Å². The van der Waals surface area contributed by atoms with Crippen LogP contribution in [0.25, 0.3) is 0 Å². The number of nitrogens with one attached hydrogen (secondary N) is 2. The van der Waals surface area contributed by atoms with Crippen molar-refractivity contribution in [1.82, 2.24) is 9.21 Å². The number of urea groups is 1. The van der Waals surface area contributed by atoms with Gasteiger partial charge in [-0.15, -0.1) is 0 Å². The maximum atomic E-state index is 13.7. The van der Waals surface area contributed by atoms with Crippen molar-refractivity contribution in [2.45, 2.75) is 30.9 Å². The van der Waals surface area contributed by atoms with Gasteiger partial charge in [-0.1, -0.05) is 6.92 Å². The van der Waals surface area contributed by atoms with Crippen molar-refractivity contribution < 1.29 is 37.3 Å². The third-order valence-corrected chi connectivity index (χ3v) is 9.31. The van der Waals surface area contributed by atoms with E-state index < -0.39 is 28.2 Å². The zero-order chi connectivity index (χ0) is 32.0. The van der Waals surface area contributed by atoms with E-state index in [1.54, 1.807) is 62.6 Å². The molecule has 44 heavy (non-hydrogen) atoms. The number of rotatable bonds is 10. The molecule has 3 aromatic rings. The van der Waals surface area contributed by atoms with Crippen molar-refractivity contribution in [2.24, 2.45) is 5.92 Å². The van der Waals surface area contributed by atoms with Crippen LogP contribution in [0.5, 0.6) is 17.2 Å². The van der Waals surface area contributed by atoms with Crippen molar-refractivity contribution >= 4 is 33.3 Å². The predicted molar refractivity (Wildman–Crippen MR) is 166 cm³/mol. The first-order chi connectivity index (χ1) is 21.0. The Balaban J connectivity index is 1.59. The minimum Gasteiger partial charge on any atom is -0.497 e. The highest BCUT2D eigenvalue weighted by atomic mass is 32.2. The lowest BCUT2D eigenvalue weighted by molar-refractivity contribution is 0.0387. The summed E-state index contributed by atoms with van der Waals surface area (Å²) in [5.41, 5.74) is 1.06. The summed E-state index contributed by atoms with van der Waals surface area (Å²) >= 11 is 0. The summed E-state index contributed by atoms with van der Waals surface area (Å²) in [5.74, 6) is 0.732. The first-order valence-electron chi connectivity index (χ1n) is 14.0. The second-order valence-electron chi connectivity index (χ2n) is 10.6. The standard InChI is InChI=1S/C31H38N4O8S/c1-20-17-35(21(2)19-36)30(37)27-16-23(33-31(38)32-22-6-9-24(41-4)10-7-22)8-15-28(27)43-29(20)18-34(3)44(39,40)26-13-11-25(42-5)12-14-26/h6-16,20-21,29,36H,17-19H2,1-5H3,(H2,32,33,38)/t20-,21-,29+/m1/s1. The van der Waals surface area contributed by atoms with E-state index in [9.17, 15) is 23.1 Å². The summed E-state index contributed by atoms with van der Waals surface area (Å²) in [4.78, 5) is 28.1. The van der Waals surface area contributed by atoms with E-state index in [2.05, 4.69) is 10.6 Å². The third-order valence-electron chi connectivity index (χ3n) is 7.48. The Morgan fingerprint density at radius 2 is 1.59 bits per heavy atom. The molecule has 0 aliphatic carbocycles. The SMILES string of the molecule is COc1ccc(NC(=O)Nc2ccc3c(c2)C(=O)N([C@H](C)CO)C[C@@H](C)[C@H](CN(C)S(=O)(=O)c2ccc(OC)cc2)O3)cc1. The molecule has 1 aliphatic heterocycles. The van der Waals surface area contributed by atoms with Crippen LogP contribution in [0.2, 0.25) is 0 Å². The molecule has 0 radical (unpaired) electrons. The number of hydrogen-bond acceptors (Lipinski definition) is 8. The van der Waals surface area contributed by atoms with Crippen LogP contribution in [-0.2, 0) is 10.0 Å². The van der Waals surface area contributed by atoms with Crippen LogP contribution in [0.1, 0.15) is 24.2 Å². The van der Waals surface area contributed by atoms with Gasteiger partial charge in [0.25, 0.3) is 5.91 Å². The molecule has 0 saturated heterocycles. The molecule has 1 heterocycles. The van der Waals surface area contributed by atoms with Gasteiger partial charge in [0.1, 0.15) is 23.4 Å². The van der Waals surface area contributed by atoms with E-state index in [0.717, 1.165) is 0 Å². The van der Waals surface area contributed by atoms with Crippen LogP contribution in [0.15, 0.2) is 71.6 Å². The zero-order valence-electron chi connectivity index (χ0n) is 25.3. The molecule has 0 bridgehead atoms. The van der Waals surface area contributed by atoms with Gasteiger partial charge in [0, 0.05) is 30.9 Å². The topological polar surface area (TPSA) is 147 Å². The number of amides is 3. The molecule has 3 aromatic carbocycles. The number of carbonyl (C=O) groups is 2. The Hall–Kier alpha value is -4.33. The van der Waals surface area contributed by atoms with Gasteiger partial charge in [-0.25, -0.2) is 13.2 Å². The summed E-state index contributed by atoms with van der Waals surface area (Å²) < 4.78 is 44.6. The van der Waals surface area contributed by atoms with Gasteiger partial charge in [-0.3, -0.25) is 4.79 Å². The number of anilines is 2. The molecule has 4 rings (SSSR count). The van der Waals surface area contributed by atoms with Gasteiger partial charge in [-0.2, -0.15) is 4.31 Å². The molecule has 0 unspecified atom stereocenters. The lowest BCUT2D eigenvalue weighted by Crippen LogP contribution is -2.50. The van der Waals surface area contributed by atoms with Gasteiger partial charge in [0.15, 0.2) is 0 Å². The monoisotopic (exact) mass is 626 g/mol. The Morgan fingerprint density at radius 3 is 2.18 bits per heavy atom. The lowest BCUT2D eigenvalue weighted by atomic mass is 9.99. The molecular weight excluding hydrogens is 588 g/mol. The normalized spacial score (nSPS) is 17.5. The quantitative estimate of drug-likeness (QED) is 0.307. The van der Waals surface area contributed by atoms with Crippen molar-refractivity contribution in [3.05, 3.63) is 72.3 Å². The highest BCUT2D eigenvalue weighted by Crippen LogP contribution is 2.31. The number of benzene rings is 3. The first-order valence-corrected chi connectivity index (χ1v) is 15.5. The van der Waals surface area contributed by atoms with Crippen LogP contribution in [0, 0.1) is 5.92 Å². The fourth-order valence-corrected chi connectivity index (χ4v) is 5.95.